The second-order valence-electron chi connectivity index (χ2n) is 10.2. The number of nitrogens with zero attached hydrogens (tertiary/aromatic N) is 7. The minimum atomic E-state index is -4.52. The van der Waals surface area contributed by atoms with Crippen molar-refractivity contribution in [1.29, 1.82) is 0 Å². The van der Waals surface area contributed by atoms with Gasteiger partial charge in [0.25, 0.3) is 0 Å². The summed E-state index contributed by atoms with van der Waals surface area (Å²) in [7, 11) is 3.11. The van der Waals surface area contributed by atoms with Crippen molar-refractivity contribution in [3.8, 4) is 17.4 Å². The van der Waals surface area contributed by atoms with Crippen LogP contribution in [-0.4, -0.2) is 56.5 Å². The van der Waals surface area contributed by atoms with E-state index < -0.39 is 11.9 Å². The molecule has 0 amide bonds. The lowest BCUT2D eigenvalue weighted by molar-refractivity contribution is -0.140. The zero-order valence-electron chi connectivity index (χ0n) is 21.7. The number of nitrogens with two attached hydrogens (primary N) is 1. The van der Waals surface area contributed by atoms with E-state index >= 15 is 0 Å². The van der Waals surface area contributed by atoms with Crippen LogP contribution in [0.3, 0.4) is 0 Å². The minimum absolute atomic E-state index is 0.153. The fourth-order valence-electron chi connectivity index (χ4n) is 4.93. The number of aromatic nitrogens is 5. The average molecular weight is 539 g/mol. The van der Waals surface area contributed by atoms with Crippen LogP contribution >= 0.6 is 0 Å². The van der Waals surface area contributed by atoms with Crippen molar-refractivity contribution in [2.24, 2.45) is 17.8 Å². The molecule has 0 aromatic carbocycles. The standard InChI is InChI=1S/C27H29F3N8O/c1-37-13-21(27(28,29)30)36-25(37)20-8-7-17(11-32-20)38-10-9-19(35-16-5-6-16)18(12-38)23(31)22-24(15-3-4-15)33-14-34-26(22)39-2/h7-8,11,13-16H,3-6,9-10,12,31H2,1-2H3/b23-18-,35-19?. The molecule has 1 saturated heterocycles. The summed E-state index contributed by atoms with van der Waals surface area (Å²) in [5.74, 6) is 0.958. The Hall–Kier alpha value is -3.96. The topological polar surface area (TPSA) is 107 Å². The lowest BCUT2D eigenvalue weighted by Crippen LogP contribution is -2.37. The molecular weight excluding hydrogens is 509 g/mol. The molecule has 4 heterocycles. The third-order valence-corrected chi connectivity index (χ3v) is 7.30. The Kier molecular flexibility index (Phi) is 6.27. The maximum Gasteiger partial charge on any atom is 0.434 e. The van der Waals surface area contributed by atoms with E-state index in [4.69, 9.17) is 15.5 Å². The van der Waals surface area contributed by atoms with Gasteiger partial charge in [-0.15, -0.1) is 0 Å². The molecule has 3 aromatic heterocycles. The van der Waals surface area contributed by atoms with Gasteiger partial charge in [0.2, 0.25) is 5.88 Å². The number of rotatable bonds is 6. The highest BCUT2D eigenvalue weighted by molar-refractivity contribution is 6.08. The van der Waals surface area contributed by atoms with E-state index in [1.165, 1.54) is 17.9 Å². The first kappa shape index (κ1) is 25.3. The number of aryl methyl sites for hydroxylation is 1. The number of imidazole rings is 1. The van der Waals surface area contributed by atoms with Gasteiger partial charge in [0.1, 0.15) is 12.0 Å². The number of pyridine rings is 1. The highest BCUT2D eigenvalue weighted by Gasteiger charge is 2.35. The number of ether oxygens (including phenoxy) is 1. The molecule has 0 radical (unpaired) electrons. The number of methoxy groups -OCH3 is 1. The van der Waals surface area contributed by atoms with Crippen LogP contribution in [0.1, 0.15) is 55.0 Å². The Morgan fingerprint density at radius 1 is 1.13 bits per heavy atom. The van der Waals surface area contributed by atoms with E-state index in [-0.39, 0.29) is 5.82 Å². The van der Waals surface area contributed by atoms with Gasteiger partial charge in [0.05, 0.1) is 42.0 Å². The van der Waals surface area contributed by atoms with E-state index in [1.807, 2.05) is 6.07 Å². The number of piperidine rings is 1. The van der Waals surface area contributed by atoms with Crippen molar-refractivity contribution >= 4 is 17.1 Å². The van der Waals surface area contributed by atoms with Gasteiger partial charge in [0, 0.05) is 50.0 Å². The van der Waals surface area contributed by atoms with Crippen molar-refractivity contribution in [2.75, 3.05) is 25.1 Å². The number of alkyl halides is 3. The number of hydrogen-bond donors (Lipinski definition) is 1. The first-order valence-electron chi connectivity index (χ1n) is 13.0. The van der Waals surface area contributed by atoms with Crippen molar-refractivity contribution in [2.45, 2.75) is 50.2 Å². The summed E-state index contributed by atoms with van der Waals surface area (Å²) in [6.07, 6.45) is 4.62. The van der Waals surface area contributed by atoms with Crippen molar-refractivity contribution < 1.29 is 17.9 Å². The predicted molar refractivity (Wildman–Crippen MR) is 140 cm³/mol. The molecule has 0 unspecified atom stereocenters. The molecule has 0 spiro atoms. The van der Waals surface area contributed by atoms with E-state index in [0.717, 1.165) is 60.1 Å². The highest BCUT2D eigenvalue weighted by atomic mass is 19.4. The first-order valence-corrected chi connectivity index (χ1v) is 13.0. The fourth-order valence-corrected chi connectivity index (χ4v) is 4.93. The van der Waals surface area contributed by atoms with Crippen LogP contribution in [0.2, 0.25) is 0 Å². The molecular formula is C27H29F3N8O. The lowest BCUT2D eigenvalue weighted by Gasteiger charge is -2.33. The zero-order valence-corrected chi connectivity index (χ0v) is 21.7. The molecule has 6 rings (SSSR count). The summed E-state index contributed by atoms with van der Waals surface area (Å²) in [5.41, 5.74) is 11.3. The van der Waals surface area contributed by atoms with Crippen molar-refractivity contribution in [3.05, 3.63) is 53.4 Å². The normalized spacial score (nSPS) is 20.4. The van der Waals surface area contributed by atoms with Gasteiger partial charge in [0.15, 0.2) is 11.5 Å². The van der Waals surface area contributed by atoms with Crippen LogP contribution in [0, 0.1) is 0 Å². The lowest BCUT2D eigenvalue weighted by atomic mass is 9.95. The molecule has 2 saturated carbocycles. The molecule has 3 aromatic rings. The molecule has 3 fully saturated rings. The molecule has 204 valence electrons. The van der Waals surface area contributed by atoms with Crippen molar-refractivity contribution in [1.82, 2.24) is 24.5 Å². The van der Waals surface area contributed by atoms with Crippen LogP contribution in [0.25, 0.3) is 17.2 Å². The van der Waals surface area contributed by atoms with Gasteiger partial charge in [-0.05, 0) is 37.8 Å². The van der Waals surface area contributed by atoms with Crippen LogP contribution in [0.4, 0.5) is 18.9 Å². The molecule has 2 N–H and O–H groups in total. The second-order valence-corrected chi connectivity index (χ2v) is 10.2. The highest BCUT2D eigenvalue weighted by Crippen LogP contribution is 2.44. The van der Waals surface area contributed by atoms with Crippen molar-refractivity contribution in [3.63, 3.8) is 0 Å². The molecule has 1 aliphatic heterocycles. The van der Waals surface area contributed by atoms with Gasteiger partial charge in [-0.3, -0.25) is 9.98 Å². The smallest absolute Gasteiger partial charge is 0.434 e. The molecule has 2 aliphatic carbocycles. The number of anilines is 1. The monoisotopic (exact) mass is 538 g/mol. The summed E-state index contributed by atoms with van der Waals surface area (Å²) < 4.78 is 46.3. The van der Waals surface area contributed by atoms with Gasteiger partial charge in [-0.25, -0.2) is 15.0 Å². The maximum absolute atomic E-state index is 13.1. The molecule has 12 heteroatoms. The van der Waals surface area contributed by atoms with Crippen LogP contribution < -0.4 is 15.4 Å². The summed E-state index contributed by atoms with van der Waals surface area (Å²) in [6.45, 7) is 1.21. The third kappa shape index (κ3) is 5.07. The Labute approximate surface area is 223 Å². The second kappa shape index (κ2) is 9.65. The first-order chi connectivity index (χ1) is 18.7. The number of halogens is 3. The summed E-state index contributed by atoms with van der Waals surface area (Å²) in [5, 5.41) is 0. The molecule has 39 heavy (non-hydrogen) atoms. The molecule has 0 atom stereocenters. The zero-order chi connectivity index (χ0) is 27.3. The summed E-state index contributed by atoms with van der Waals surface area (Å²) >= 11 is 0. The average Bonchev–Trinajstić information content (AvgIpc) is 3.87. The molecule has 9 nitrogen and oxygen atoms in total. The van der Waals surface area contributed by atoms with Crippen LogP contribution in [0.5, 0.6) is 5.88 Å². The molecule has 0 bridgehead atoms. The van der Waals surface area contributed by atoms with Gasteiger partial charge < -0.3 is 19.9 Å². The third-order valence-electron chi connectivity index (χ3n) is 7.30. The van der Waals surface area contributed by atoms with Gasteiger partial charge in [-0.2, -0.15) is 13.2 Å². The predicted octanol–water partition coefficient (Wildman–Crippen LogP) is 4.36. The largest absolute Gasteiger partial charge is 0.480 e. The van der Waals surface area contributed by atoms with Crippen LogP contribution in [-0.2, 0) is 13.2 Å². The Bertz CT molecular complexity index is 1450. The summed E-state index contributed by atoms with van der Waals surface area (Å²) in [4.78, 5) is 24.2. The van der Waals surface area contributed by atoms with Gasteiger partial charge >= 0.3 is 6.18 Å². The Morgan fingerprint density at radius 2 is 1.92 bits per heavy atom. The van der Waals surface area contributed by atoms with Crippen LogP contribution in [0.15, 0.2) is 41.4 Å². The van der Waals surface area contributed by atoms with E-state index in [1.54, 1.807) is 19.4 Å². The fraction of sp³-hybridized carbons (Fsp3) is 0.444. The van der Waals surface area contributed by atoms with E-state index in [2.05, 4.69) is 24.8 Å². The number of hydrogen-bond acceptors (Lipinski definition) is 8. The summed E-state index contributed by atoms with van der Waals surface area (Å²) in [6, 6.07) is 3.88. The minimum Gasteiger partial charge on any atom is -0.480 e. The SMILES string of the molecule is COc1ncnc(C2CC2)c1/C(N)=C1\CN(c2ccc(-c3nc(C(F)(F)F)cn3C)nc2)CCC1=NC1CC1. The Morgan fingerprint density at radius 3 is 2.54 bits per heavy atom. The maximum atomic E-state index is 13.1. The molecule has 3 aliphatic rings. The Balaban J connectivity index is 1.33. The number of aliphatic imine (C=N–C) groups is 1. The quantitative estimate of drug-likeness (QED) is 0.497. The van der Waals surface area contributed by atoms with E-state index in [0.29, 0.717) is 48.7 Å². The van der Waals surface area contributed by atoms with E-state index in [9.17, 15) is 13.2 Å². The van der Waals surface area contributed by atoms with Gasteiger partial charge in [-0.1, -0.05) is 0 Å².